The maximum atomic E-state index is 6.93. The van der Waals surface area contributed by atoms with Crippen molar-refractivity contribution in [3.8, 4) is 0 Å². The van der Waals surface area contributed by atoms with E-state index in [0.29, 0.717) is 0 Å². The van der Waals surface area contributed by atoms with E-state index in [1.165, 1.54) is 0 Å². The molecule has 1 aromatic rings. The van der Waals surface area contributed by atoms with E-state index >= 15 is 0 Å². The minimum absolute atomic E-state index is 0.0108. The van der Waals surface area contributed by atoms with E-state index in [2.05, 4.69) is 15.4 Å². The van der Waals surface area contributed by atoms with Gasteiger partial charge < -0.3 is 0 Å². The first kappa shape index (κ1) is 6.51. The molecule has 0 saturated carbocycles. The normalized spacial score (nSPS) is 9.56. The molecule has 1 aromatic heterocycles. The molecule has 0 atom stereocenters. The topological polar surface area (TPSA) is 62.5 Å². The van der Waals surface area contributed by atoms with Gasteiger partial charge in [0.1, 0.15) is 5.02 Å². The van der Waals surface area contributed by atoms with Crippen molar-refractivity contribution in [2.45, 2.75) is 0 Å². The van der Waals surface area contributed by atoms with Crippen LogP contribution in [0.3, 0.4) is 0 Å². The lowest BCUT2D eigenvalue weighted by atomic mass is 10.6. The molecule has 0 fully saturated rings. The fourth-order valence-corrected chi connectivity index (χ4v) is 0.491. The minimum Gasteiger partial charge on any atom is -0.280 e. The quantitative estimate of drug-likeness (QED) is 0.576. The summed E-state index contributed by atoms with van der Waals surface area (Å²) in [4.78, 5) is 0. The summed E-state index contributed by atoms with van der Waals surface area (Å²) in [5, 5.41) is 9.71. The lowest BCUT2D eigenvalue weighted by Crippen LogP contribution is -1.89. The molecule has 0 amide bonds. The number of nitrogens with one attached hydrogen (secondary N) is 1. The maximum Gasteiger partial charge on any atom is 0.190 e. The zero-order valence-electron chi connectivity index (χ0n) is 4.10. The van der Waals surface area contributed by atoms with E-state index in [1.54, 1.807) is 0 Å². The van der Waals surface area contributed by atoms with Crippen LogP contribution in [0, 0.1) is 0 Å². The molecule has 0 bridgehead atoms. The van der Waals surface area contributed by atoms with Gasteiger partial charge in [0.15, 0.2) is 11.0 Å². The molecule has 6 heteroatoms. The smallest absolute Gasteiger partial charge is 0.190 e. The Morgan fingerprint density at radius 1 is 1.22 bits per heavy atom. The Kier molecular flexibility index (Phi) is 1.68. The molecular formula is C3HCl2N4. The summed E-state index contributed by atoms with van der Waals surface area (Å²) >= 11 is 10.7. The molecule has 0 aromatic carbocycles. The lowest BCUT2D eigenvalue weighted by molar-refractivity contribution is 0.862. The second-order valence-electron chi connectivity index (χ2n) is 1.24. The Morgan fingerprint density at radius 2 is 1.89 bits per heavy atom. The molecule has 1 rings (SSSR count). The van der Waals surface area contributed by atoms with Crippen molar-refractivity contribution in [3.63, 3.8) is 0 Å². The van der Waals surface area contributed by atoms with Crippen molar-refractivity contribution < 1.29 is 0 Å². The fraction of sp³-hybridized carbons (Fsp3) is 0. The van der Waals surface area contributed by atoms with Gasteiger partial charge in [-0.2, -0.15) is 0 Å². The zero-order chi connectivity index (χ0) is 6.85. The molecule has 0 aliphatic rings. The van der Waals surface area contributed by atoms with Crippen LogP contribution >= 0.6 is 23.2 Å². The number of rotatable bonds is 0. The molecule has 0 spiro atoms. The van der Waals surface area contributed by atoms with Crippen LogP contribution < -0.4 is 5.73 Å². The average molecular weight is 164 g/mol. The summed E-state index contributed by atoms with van der Waals surface area (Å²) in [5.41, 5.74) is 6.93. The van der Waals surface area contributed by atoms with E-state index < -0.39 is 0 Å². The minimum atomic E-state index is -0.156. The Morgan fingerprint density at radius 3 is 2.33 bits per heavy atom. The highest BCUT2D eigenvalue weighted by molar-refractivity contribution is 6.42. The SMILES string of the molecule is [NH]c1nnnc(Cl)c1Cl. The molecule has 1 heterocycles. The van der Waals surface area contributed by atoms with Crippen molar-refractivity contribution in [2.75, 3.05) is 0 Å². The van der Waals surface area contributed by atoms with Gasteiger partial charge in [-0.15, -0.1) is 10.2 Å². The Hall–Kier alpha value is -0.610. The van der Waals surface area contributed by atoms with Gasteiger partial charge in [-0.25, -0.2) is 0 Å². The zero-order valence-corrected chi connectivity index (χ0v) is 5.61. The van der Waals surface area contributed by atoms with Gasteiger partial charge >= 0.3 is 0 Å². The van der Waals surface area contributed by atoms with Gasteiger partial charge in [-0.1, -0.05) is 23.2 Å². The number of hydrogen-bond acceptors (Lipinski definition) is 3. The molecule has 4 nitrogen and oxygen atoms in total. The monoisotopic (exact) mass is 163 g/mol. The van der Waals surface area contributed by atoms with Crippen molar-refractivity contribution in [2.24, 2.45) is 0 Å². The van der Waals surface area contributed by atoms with Gasteiger partial charge in [0.2, 0.25) is 0 Å². The molecular weight excluding hydrogens is 163 g/mol. The van der Waals surface area contributed by atoms with Crippen molar-refractivity contribution in [1.29, 1.82) is 0 Å². The highest BCUT2D eigenvalue weighted by Gasteiger charge is 2.03. The highest BCUT2D eigenvalue weighted by Crippen LogP contribution is 2.22. The number of halogens is 2. The first-order chi connectivity index (χ1) is 4.22. The average Bonchev–Trinajstić information content (AvgIpc) is 1.83. The van der Waals surface area contributed by atoms with E-state index in [1.807, 2.05) is 0 Å². The van der Waals surface area contributed by atoms with Crippen LogP contribution in [0.5, 0.6) is 0 Å². The van der Waals surface area contributed by atoms with Gasteiger partial charge in [-0.3, -0.25) is 5.73 Å². The van der Waals surface area contributed by atoms with E-state index in [0.717, 1.165) is 0 Å². The van der Waals surface area contributed by atoms with Crippen LogP contribution in [0.2, 0.25) is 10.2 Å². The molecule has 1 radical (unpaired) electrons. The summed E-state index contributed by atoms with van der Waals surface area (Å²) < 4.78 is 0. The number of hydrogen-bond donors (Lipinski definition) is 0. The lowest BCUT2D eigenvalue weighted by Gasteiger charge is -1.91. The molecule has 0 aliphatic carbocycles. The third kappa shape index (κ3) is 1.20. The molecule has 9 heavy (non-hydrogen) atoms. The predicted octanol–water partition coefficient (Wildman–Crippen LogP) is 1.09. The van der Waals surface area contributed by atoms with Gasteiger partial charge in [0.05, 0.1) is 0 Å². The second kappa shape index (κ2) is 2.33. The van der Waals surface area contributed by atoms with Crippen molar-refractivity contribution in [1.82, 2.24) is 21.1 Å². The summed E-state index contributed by atoms with van der Waals surface area (Å²) in [7, 11) is 0. The summed E-state index contributed by atoms with van der Waals surface area (Å²) in [6.45, 7) is 0. The Bertz CT molecular complexity index is 205. The first-order valence-corrected chi connectivity index (χ1v) is 2.73. The third-order valence-corrected chi connectivity index (χ3v) is 1.39. The summed E-state index contributed by atoms with van der Waals surface area (Å²) in [6, 6.07) is 0. The standard InChI is InChI=1S/C3HCl2N4/c4-1-2(5)7-9-8-3(1)6/h6H. The first-order valence-electron chi connectivity index (χ1n) is 1.98. The third-order valence-electron chi connectivity index (χ3n) is 0.666. The van der Waals surface area contributed by atoms with E-state index in [4.69, 9.17) is 28.9 Å². The molecule has 0 aliphatic heterocycles. The Labute approximate surface area is 61.0 Å². The van der Waals surface area contributed by atoms with Crippen LogP contribution in [0.25, 0.3) is 0 Å². The van der Waals surface area contributed by atoms with Crippen LogP contribution in [-0.2, 0) is 0 Å². The largest absolute Gasteiger partial charge is 0.280 e. The van der Waals surface area contributed by atoms with Gasteiger partial charge in [0.25, 0.3) is 0 Å². The van der Waals surface area contributed by atoms with Crippen LogP contribution in [-0.4, -0.2) is 15.4 Å². The van der Waals surface area contributed by atoms with Gasteiger partial charge in [0, 0.05) is 0 Å². The molecule has 0 unspecified atom stereocenters. The highest BCUT2D eigenvalue weighted by atomic mass is 35.5. The Balaban J connectivity index is 3.25. The number of nitrogens with zero attached hydrogens (tertiary/aromatic N) is 3. The maximum absolute atomic E-state index is 6.93. The van der Waals surface area contributed by atoms with E-state index in [9.17, 15) is 0 Å². The molecule has 0 saturated heterocycles. The van der Waals surface area contributed by atoms with E-state index in [-0.39, 0.29) is 16.0 Å². The van der Waals surface area contributed by atoms with Crippen molar-refractivity contribution in [3.05, 3.63) is 10.2 Å². The molecule has 47 valence electrons. The predicted molar refractivity (Wildman–Crippen MR) is 32.6 cm³/mol. The molecule has 1 N–H and O–H groups in total. The van der Waals surface area contributed by atoms with Crippen LogP contribution in [0.15, 0.2) is 0 Å². The van der Waals surface area contributed by atoms with Gasteiger partial charge in [-0.05, 0) is 5.21 Å². The van der Waals surface area contributed by atoms with Crippen LogP contribution in [0.1, 0.15) is 0 Å². The summed E-state index contributed by atoms with van der Waals surface area (Å²) in [6.07, 6.45) is 0. The fourth-order valence-electron chi connectivity index (χ4n) is 0.292. The summed E-state index contributed by atoms with van der Waals surface area (Å²) in [5.74, 6) is -0.156. The second-order valence-corrected chi connectivity index (χ2v) is 1.98. The number of aromatic nitrogens is 3. The van der Waals surface area contributed by atoms with Crippen LogP contribution in [0.4, 0.5) is 5.82 Å². The van der Waals surface area contributed by atoms with Crippen molar-refractivity contribution >= 4 is 29.0 Å².